The third kappa shape index (κ3) is 2.81. The first-order chi connectivity index (χ1) is 7.97. The Hall–Kier alpha value is -2.37. The molecule has 1 N–H and O–H groups in total. The second-order valence-corrected chi connectivity index (χ2v) is 3.43. The number of nitro benzene ring substituents is 1. The van der Waals surface area contributed by atoms with Gasteiger partial charge in [-0.25, -0.2) is 0 Å². The minimum Gasteiger partial charge on any atom is -0.502 e. The third-order valence-corrected chi connectivity index (χ3v) is 2.17. The van der Waals surface area contributed by atoms with E-state index in [0.29, 0.717) is 6.54 Å². The van der Waals surface area contributed by atoms with Gasteiger partial charge in [-0.15, -0.1) is 6.58 Å². The summed E-state index contributed by atoms with van der Waals surface area (Å²) in [5, 5.41) is 19.9. The molecule has 0 fully saturated rings. The first-order valence-corrected chi connectivity index (χ1v) is 4.81. The molecular formula is C11H12N2O4. The molecule has 0 radical (unpaired) electrons. The lowest BCUT2D eigenvalue weighted by Crippen LogP contribution is -2.26. The van der Waals surface area contributed by atoms with Crippen LogP contribution in [0.2, 0.25) is 0 Å². The number of phenols is 1. The van der Waals surface area contributed by atoms with Crippen molar-refractivity contribution in [3.8, 4) is 5.75 Å². The van der Waals surface area contributed by atoms with Crippen LogP contribution in [0.25, 0.3) is 0 Å². The Bertz CT molecular complexity index is 471. The molecule has 0 bridgehead atoms. The summed E-state index contributed by atoms with van der Waals surface area (Å²) in [4.78, 5) is 22.9. The summed E-state index contributed by atoms with van der Waals surface area (Å²) >= 11 is 0. The van der Waals surface area contributed by atoms with Crippen LogP contribution in [0.15, 0.2) is 30.9 Å². The summed E-state index contributed by atoms with van der Waals surface area (Å²) in [6, 6.07) is 3.49. The number of amides is 1. The minimum absolute atomic E-state index is 0.192. The second-order valence-electron chi connectivity index (χ2n) is 3.43. The van der Waals surface area contributed by atoms with Crippen LogP contribution in [-0.4, -0.2) is 34.4 Å². The lowest BCUT2D eigenvalue weighted by Gasteiger charge is -2.14. The number of nitrogens with zero attached hydrogens (tertiary/aromatic N) is 2. The molecule has 6 heteroatoms. The molecular weight excluding hydrogens is 224 g/mol. The monoisotopic (exact) mass is 236 g/mol. The van der Waals surface area contributed by atoms with Crippen molar-refractivity contribution in [1.82, 2.24) is 4.90 Å². The van der Waals surface area contributed by atoms with Crippen molar-refractivity contribution in [2.75, 3.05) is 13.6 Å². The van der Waals surface area contributed by atoms with Crippen LogP contribution in [0.5, 0.6) is 5.75 Å². The number of benzene rings is 1. The summed E-state index contributed by atoms with van der Waals surface area (Å²) < 4.78 is 0. The molecule has 0 aliphatic carbocycles. The molecule has 0 unspecified atom stereocenters. The molecule has 0 saturated carbocycles. The predicted octanol–water partition coefficient (Wildman–Crippen LogP) is 1.56. The maximum absolute atomic E-state index is 11.8. The minimum atomic E-state index is -0.711. The van der Waals surface area contributed by atoms with Crippen LogP contribution in [-0.2, 0) is 0 Å². The number of phenolic OH excluding ortho intramolecular Hbond substituents is 1. The Morgan fingerprint density at radius 2 is 2.29 bits per heavy atom. The van der Waals surface area contributed by atoms with Gasteiger partial charge in [-0.05, 0) is 12.1 Å². The molecule has 1 aromatic rings. The molecule has 90 valence electrons. The smallest absolute Gasteiger partial charge is 0.310 e. The first-order valence-electron chi connectivity index (χ1n) is 4.81. The largest absolute Gasteiger partial charge is 0.502 e. The highest BCUT2D eigenvalue weighted by Gasteiger charge is 2.17. The van der Waals surface area contributed by atoms with Crippen molar-refractivity contribution in [2.45, 2.75) is 0 Å². The van der Waals surface area contributed by atoms with E-state index in [4.69, 9.17) is 0 Å². The Balaban J connectivity index is 3.01. The van der Waals surface area contributed by atoms with E-state index in [9.17, 15) is 20.0 Å². The van der Waals surface area contributed by atoms with Crippen LogP contribution in [0, 0.1) is 10.1 Å². The van der Waals surface area contributed by atoms with Crippen LogP contribution in [0.4, 0.5) is 5.69 Å². The van der Waals surface area contributed by atoms with Gasteiger partial charge in [0.25, 0.3) is 5.91 Å². The molecule has 0 saturated heterocycles. The summed E-state index contributed by atoms with van der Waals surface area (Å²) in [6.07, 6.45) is 1.56. The number of likely N-dealkylation sites (N-methyl/N-ethyl adjacent to an activating group) is 1. The van der Waals surface area contributed by atoms with E-state index in [2.05, 4.69) is 6.58 Å². The normalized spacial score (nSPS) is 9.71. The third-order valence-electron chi connectivity index (χ3n) is 2.17. The highest BCUT2D eigenvalue weighted by atomic mass is 16.6. The molecule has 0 aromatic heterocycles. The van der Waals surface area contributed by atoms with Gasteiger partial charge in [0, 0.05) is 25.2 Å². The van der Waals surface area contributed by atoms with Crippen LogP contribution < -0.4 is 0 Å². The number of hydrogen-bond donors (Lipinski definition) is 1. The summed E-state index contributed by atoms with van der Waals surface area (Å²) in [7, 11) is 1.57. The zero-order chi connectivity index (χ0) is 13.0. The number of hydrogen-bond acceptors (Lipinski definition) is 4. The highest BCUT2D eigenvalue weighted by Crippen LogP contribution is 2.26. The van der Waals surface area contributed by atoms with Gasteiger partial charge in [-0.3, -0.25) is 14.9 Å². The molecule has 0 spiro atoms. The van der Waals surface area contributed by atoms with Gasteiger partial charge < -0.3 is 10.0 Å². The van der Waals surface area contributed by atoms with Gasteiger partial charge in [0.1, 0.15) is 0 Å². The van der Waals surface area contributed by atoms with Crippen molar-refractivity contribution in [3.63, 3.8) is 0 Å². The van der Waals surface area contributed by atoms with Gasteiger partial charge in [-0.2, -0.15) is 0 Å². The van der Waals surface area contributed by atoms with E-state index < -0.39 is 16.4 Å². The van der Waals surface area contributed by atoms with E-state index in [-0.39, 0.29) is 11.5 Å². The zero-order valence-electron chi connectivity index (χ0n) is 9.29. The summed E-state index contributed by atoms with van der Waals surface area (Å²) in [5.41, 5.74) is -0.231. The fraction of sp³-hybridized carbons (Fsp3) is 0.182. The molecule has 0 heterocycles. The molecule has 1 amide bonds. The van der Waals surface area contributed by atoms with Gasteiger partial charge in [-0.1, -0.05) is 6.08 Å². The average Bonchev–Trinajstić information content (AvgIpc) is 2.27. The standard InChI is InChI=1S/C11H12N2O4/c1-3-6-12(2)11(15)8-4-5-9(13(16)17)10(14)7-8/h3-5,7,14H,1,6H2,2H3. The fourth-order valence-corrected chi connectivity index (χ4v) is 1.31. The van der Waals surface area contributed by atoms with E-state index in [1.807, 2.05) is 0 Å². The van der Waals surface area contributed by atoms with Crippen molar-refractivity contribution in [1.29, 1.82) is 0 Å². The molecule has 0 aliphatic heterocycles. The molecule has 17 heavy (non-hydrogen) atoms. The molecule has 6 nitrogen and oxygen atoms in total. The number of nitro groups is 1. The van der Waals surface area contributed by atoms with Gasteiger partial charge >= 0.3 is 5.69 Å². The predicted molar refractivity (Wildman–Crippen MR) is 61.9 cm³/mol. The van der Waals surface area contributed by atoms with Crippen LogP contribution in [0.3, 0.4) is 0 Å². The Morgan fingerprint density at radius 3 is 2.76 bits per heavy atom. The molecule has 0 aliphatic rings. The average molecular weight is 236 g/mol. The van der Waals surface area contributed by atoms with Crippen molar-refractivity contribution >= 4 is 11.6 Å². The van der Waals surface area contributed by atoms with Gasteiger partial charge in [0.15, 0.2) is 5.75 Å². The van der Waals surface area contributed by atoms with Crippen molar-refractivity contribution in [2.24, 2.45) is 0 Å². The topological polar surface area (TPSA) is 83.7 Å². The maximum Gasteiger partial charge on any atom is 0.310 e. The second kappa shape index (κ2) is 5.11. The number of carbonyl (C=O) groups is 1. The zero-order valence-corrected chi connectivity index (χ0v) is 9.29. The van der Waals surface area contributed by atoms with Gasteiger partial charge in [0.05, 0.1) is 4.92 Å². The highest BCUT2D eigenvalue weighted by molar-refractivity contribution is 5.95. The van der Waals surface area contributed by atoms with E-state index >= 15 is 0 Å². The molecule has 1 aromatic carbocycles. The number of rotatable bonds is 4. The Morgan fingerprint density at radius 1 is 1.65 bits per heavy atom. The Kier molecular flexibility index (Phi) is 3.82. The summed E-state index contributed by atoms with van der Waals surface area (Å²) in [5.74, 6) is -0.858. The first kappa shape index (κ1) is 12.7. The van der Waals surface area contributed by atoms with Crippen molar-refractivity contribution < 1.29 is 14.8 Å². The quantitative estimate of drug-likeness (QED) is 0.488. The summed E-state index contributed by atoms with van der Waals surface area (Å²) in [6.45, 7) is 3.86. The molecule has 0 atom stereocenters. The van der Waals surface area contributed by atoms with Crippen molar-refractivity contribution in [3.05, 3.63) is 46.5 Å². The fourth-order valence-electron chi connectivity index (χ4n) is 1.31. The van der Waals surface area contributed by atoms with Crippen LogP contribution >= 0.6 is 0 Å². The van der Waals surface area contributed by atoms with E-state index in [1.165, 1.54) is 11.0 Å². The maximum atomic E-state index is 11.8. The van der Waals surface area contributed by atoms with E-state index in [0.717, 1.165) is 12.1 Å². The Labute approximate surface area is 97.9 Å². The SMILES string of the molecule is C=CCN(C)C(=O)c1ccc([N+](=O)[O-])c(O)c1. The molecule has 1 rings (SSSR count). The lowest BCUT2D eigenvalue weighted by molar-refractivity contribution is -0.385. The van der Waals surface area contributed by atoms with E-state index in [1.54, 1.807) is 13.1 Å². The number of aromatic hydroxyl groups is 1. The lowest BCUT2D eigenvalue weighted by atomic mass is 10.1. The van der Waals surface area contributed by atoms with Gasteiger partial charge in [0.2, 0.25) is 0 Å². The number of carbonyl (C=O) groups excluding carboxylic acids is 1. The van der Waals surface area contributed by atoms with Crippen LogP contribution in [0.1, 0.15) is 10.4 Å².